The first-order valence-electron chi connectivity index (χ1n) is 13.9. The number of aromatic nitrogens is 2. The Kier molecular flexibility index (Phi) is 10.8. The lowest BCUT2D eigenvalue weighted by Gasteiger charge is -2.40. The lowest BCUT2D eigenvalue weighted by atomic mass is 9.98. The summed E-state index contributed by atoms with van der Waals surface area (Å²) in [5.41, 5.74) is 2.02. The number of Topliss-reactive ketones (excluding diaryl/α,β-unsaturated/α-hetero) is 1. The van der Waals surface area contributed by atoms with E-state index in [4.69, 9.17) is 9.98 Å². The molecule has 3 heterocycles. The molecule has 0 saturated carbocycles. The summed E-state index contributed by atoms with van der Waals surface area (Å²) in [4.78, 5) is 58.7. The lowest BCUT2D eigenvalue weighted by molar-refractivity contribution is -0.131. The number of nitrogens with one attached hydrogen (secondary N) is 1. The van der Waals surface area contributed by atoms with E-state index in [1.54, 1.807) is 17.2 Å². The molecule has 1 aliphatic heterocycles. The van der Waals surface area contributed by atoms with E-state index in [2.05, 4.69) is 10.3 Å². The van der Waals surface area contributed by atoms with Crippen LogP contribution in [0.5, 0.6) is 0 Å². The smallest absolute Gasteiger partial charge is 0.329 e. The monoisotopic (exact) mass is 578 g/mol. The molecule has 1 amide bonds. The number of carbonyl (C=O) groups excluding carboxylic acids is 2. The molecule has 226 valence electrons. The van der Waals surface area contributed by atoms with Crippen LogP contribution in [0.1, 0.15) is 43.1 Å². The van der Waals surface area contributed by atoms with Gasteiger partial charge < -0.3 is 20.2 Å². The number of anilines is 4. The zero-order valence-corrected chi connectivity index (χ0v) is 25.7. The standard InChI is InChI=1S/C30H42N8O4/c1-9-19(2)28(32-18-35(5)6)38(13-12-26(40)41)29-27(21(4)39)20(3)14-25(34-29)37-16-22(17-37)30(42)33-24-11-10-23(15-31-24)36(7)8/h10-15,19,22H,9,16-18H2,1-8H3,(H,40,41)(H,31,33,42)/b13-12+,32-28?. The van der Waals surface area contributed by atoms with Gasteiger partial charge in [-0.1, -0.05) is 13.8 Å². The van der Waals surface area contributed by atoms with Crippen molar-refractivity contribution in [2.75, 3.05) is 68.0 Å². The molecule has 1 saturated heterocycles. The van der Waals surface area contributed by atoms with Crippen molar-refractivity contribution in [1.29, 1.82) is 0 Å². The highest BCUT2D eigenvalue weighted by Crippen LogP contribution is 2.32. The van der Waals surface area contributed by atoms with Gasteiger partial charge in [-0.2, -0.15) is 0 Å². The van der Waals surface area contributed by atoms with Gasteiger partial charge in [0.05, 0.1) is 30.0 Å². The number of hydrogen-bond acceptors (Lipinski definition) is 9. The molecule has 1 aliphatic rings. The average Bonchev–Trinajstić information content (AvgIpc) is 2.88. The summed E-state index contributed by atoms with van der Waals surface area (Å²) in [5.74, 6) is 0.224. The van der Waals surface area contributed by atoms with E-state index in [0.29, 0.717) is 54.2 Å². The van der Waals surface area contributed by atoms with Gasteiger partial charge in [0, 0.05) is 45.4 Å². The third-order valence-electron chi connectivity index (χ3n) is 7.04. The van der Waals surface area contributed by atoms with Crippen LogP contribution in [-0.2, 0) is 9.59 Å². The molecule has 2 aromatic heterocycles. The number of carboxylic acids is 1. The van der Waals surface area contributed by atoms with E-state index in [-0.39, 0.29) is 23.5 Å². The number of carboxylic acid groups (broad SMARTS) is 1. The molecule has 0 aromatic carbocycles. The Morgan fingerprint density at radius 2 is 1.90 bits per heavy atom. The van der Waals surface area contributed by atoms with Crippen molar-refractivity contribution in [1.82, 2.24) is 14.9 Å². The van der Waals surface area contributed by atoms with E-state index >= 15 is 0 Å². The molecule has 0 spiro atoms. The summed E-state index contributed by atoms with van der Waals surface area (Å²) in [6.07, 6.45) is 4.87. The van der Waals surface area contributed by atoms with E-state index in [0.717, 1.165) is 18.2 Å². The molecule has 0 radical (unpaired) electrons. The molecule has 0 aliphatic carbocycles. The summed E-state index contributed by atoms with van der Waals surface area (Å²) >= 11 is 0. The van der Waals surface area contributed by atoms with Crippen LogP contribution in [0, 0.1) is 18.8 Å². The Labute approximate surface area is 247 Å². The number of nitrogens with zero attached hydrogens (tertiary/aromatic N) is 7. The predicted molar refractivity (Wildman–Crippen MR) is 167 cm³/mol. The molecule has 2 aromatic rings. The van der Waals surface area contributed by atoms with Crippen molar-refractivity contribution in [2.24, 2.45) is 16.8 Å². The van der Waals surface area contributed by atoms with Crippen molar-refractivity contribution in [2.45, 2.75) is 34.1 Å². The maximum absolute atomic E-state index is 12.9. The fraction of sp³-hybridized carbons (Fsp3) is 0.467. The largest absolute Gasteiger partial charge is 0.478 e. The van der Waals surface area contributed by atoms with Gasteiger partial charge in [0.25, 0.3) is 0 Å². The van der Waals surface area contributed by atoms with Crippen molar-refractivity contribution >= 4 is 46.6 Å². The molecule has 1 atom stereocenters. The van der Waals surface area contributed by atoms with Crippen LogP contribution < -0.4 is 20.0 Å². The van der Waals surface area contributed by atoms with E-state index in [9.17, 15) is 19.5 Å². The molecule has 1 unspecified atom stereocenters. The van der Waals surface area contributed by atoms with Gasteiger partial charge in [-0.3, -0.25) is 24.4 Å². The molecule has 2 N–H and O–H groups in total. The van der Waals surface area contributed by atoms with Crippen molar-refractivity contribution in [3.8, 4) is 0 Å². The second kappa shape index (κ2) is 14.0. The van der Waals surface area contributed by atoms with Gasteiger partial charge in [0.2, 0.25) is 5.91 Å². The first-order valence-corrected chi connectivity index (χ1v) is 13.9. The van der Waals surface area contributed by atoms with Gasteiger partial charge in [-0.15, -0.1) is 0 Å². The van der Waals surface area contributed by atoms with Gasteiger partial charge in [0.15, 0.2) is 11.6 Å². The Bertz CT molecular complexity index is 1350. The van der Waals surface area contributed by atoms with E-state index < -0.39 is 5.97 Å². The Balaban J connectivity index is 1.93. The molecule has 12 heteroatoms. The number of aliphatic carboxylic acids is 1. The Morgan fingerprint density at radius 1 is 1.21 bits per heavy atom. The second-order valence-electron chi connectivity index (χ2n) is 11.0. The highest BCUT2D eigenvalue weighted by atomic mass is 16.4. The van der Waals surface area contributed by atoms with Gasteiger partial charge in [-0.05, 0) is 58.1 Å². The molecule has 12 nitrogen and oxygen atoms in total. The van der Waals surface area contributed by atoms with Crippen LogP contribution in [-0.4, -0.2) is 91.4 Å². The minimum Gasteiger partial charge on any atom is -0.478 e. The topological polar surface area (TPSA) is 135 Å². The van der Waals surface area contributed by atoms with Crippen molar-refractivity contribution < 1.29 is 19.5 Å². The van der Waals surface area contributed by atoms with Gasteiger partial charge in [0.1, 0.15) is 17.5 Å². The number of carbonyl (C=O) groups is 3. The minimum atomic E-state index is -1.13. The zero-order chi connectivity index (χ0) is 31.1. The number of amidine groups is 1. The quantitative estimate of drug-likeness (QED) is 0.167. The first kappa shape index (κ1) is 32.2. The van der Waals surface area contributed by atoms with Crippen LogP contribution in [0.4, 0.5) is 23.1 Å². The Morgan fingerprint density at radius 3 is 2.43 bits per heavy atom. The Hall–Kier alpha value is -4.32. The molecular weight excluding hydrogens is 536 g/mol. The summed E-state index contributed by atoms with van der Waals surface area (Å²) in [6.45, 7) is 8.57. The van der Waals surface area contributed by atoms with Crippen LogP contribution in [0.15, 0.2) is 41.7 Å². The highest BCUT2D eigenvalue weighted by Gasteiger charge is 2.35. The van der Waals surface area contributed by atoms with E-state index in [1.807, 2.05) is 75.8 Å². The van der Waals surface area contributed by atoms with Crippen LogP contribution >= 0.6 is 0 Å². The maximum atomic E-state index is 12.9. The summed E-state index contributed by atoms with van der Waals surface area (Å²) < 4.78 is 0. The highest BCUT2D eigenvalue weighted by molar-refractivity contribution is 6.08. The van der Waals surface area contributed by atoms with Crippen molar-refractivity contribution in [3.63, 3.8) is 0 Å². The number of ketones is 1. The fourth-order valence-corrected chi connectivity index (χ4v) is 4.45. The molecule has 3 rings (SSSR count). The van der Waals surface area contributed by atoms with Crippen LogP contribution in [0.2, 0.25) is 0 Å². The third-order valence-corrected chi connectivity index (χ3v) is 7.04. The first-order chi connectivity index (χ1) is 19.8. The van der Waals surface area contributed by atoms with Crippen molar-refractivity contribution in [3.05, 3.63) is 47.8 Å². The van der Waals surface area contributed by atoms with Crippen LogP contribution in [0.3, 0.4) is 0 Å². The molecule has 42 heavy (non-hydrogen) atoms. The number of pyridine rings is 2. The number of aryl methyl sites for hydroxylation is 1. The summed E-state index contributed by atoms with van der Waals surface area (Å²) in [6, 6.07) is 5.49. The van der Waals surface area contributed by atoms with Gasteiger partial charge in [-0.25, -0.2) is 14.8 Å². The zero-order valence-electron chi connectivity index (χ0n) is 25.7. The summed E-state index contributed by atoms with van der Waals surface area (Å²) in [7, 11) is 7.63. The van der Waals surface area contributed by atoms with Crippen LogP contribution in [0.25, 0.3) is 0 Å². The number of rotatable bonds is 12. The number of hydrogen-bond donors (Lipinski definition) is 2. The average molecular weight is 579 g/mol. The van der Waals surface area contributed by atoms with E-state index in [1.165, 1.54) is 13.1 Å². The molecule has 0 bridgehead atoms. The normalized spacial score (nSPS) is 14.6. The SMILES string of the molecule is CCC(C)C(=NCN(C)C)N(/C=C/C(=O)O)c1nc(N2CC(C(=O)Nc3ccc(N(C)C)cn3)C2)cc(C)c1C(C)=O. The summed E-state index contributed by atoms with van der Waals surface area (Å²) in [5, 5.41) is 12.3. The molecular formula is C30H42N8O4. The number of aliphatic imine (C=N–C) groups is 1. The number of amides is 1. The fourth-order valence-electron chi connectivity index (χ4n) is 4.45. The maximum Gasteiger partial charge on any atom is 0.329 e. The second-order valence-corrected chi connectivity index (χ2v) is 11.0. The minimum absolute atomic E-state index is 0.0496. The third kappa shape index (κ3) is 7.90. The van der Waals surface area contributed by atoms with Gasteiger partial charge >= 0.3 is 5.97 Å². The lowest BCUT2D eigenvalue weighted by Crippen LogP contribution is -2.52. The predicted octanol–water partition coefficient (Wildman–Crippen LogP) is 3.50. The molecule has 1 fully saturated rings.